The number of rotatable bonds is 4. The second kappa shape index (κ2) is 6.17. The van der Waals surface area contributed by atoms with Crippen LogP contribution in [0.25, 0.3) is 22.1 Å². The fourth-order valence-electron chi connectivity index (χ4n) is 3.10. The number of imidazole rings is 1. The Morgan fingerprint density at radius 1 is 1.07 bits per heavy atom. The number of aromatic nitrogens is 6. The number of hydrogen-bond donors (Lipinski definition) is 0. The van der Waals surface area contributed by atoms with Crippen molar-refractivity contribution in [3.8, 4) is 17.3 Å². The summed E-state index contributed by atoms with van der Waals surface area (Å²) in [5.41, 5.74) is 3.83. The van der Waals surface area contributed by atoms with Gasteiger partial charge in [0.25, 0.3) is 0 Å². The molecule has 0 fully saturated rings. The van der Waals surface area contributed by atoms with Crippen LogP contribution in [0.5, 0.6) is 5.75 Å². The summed E-state index contributed by atoms with van der Waals surface area (Å²) in [7, 11) is 0. The summed E-state index contributed by atoms with van der Waals surface area (Å²) in [4.78, 5) is 5.33. The Morgan fingerprint density at radius 3 is 2.89 bits per heavy atom. The molecule has 0 bridgehead atoms. The summed E-state index contributed by atoms with van der Waals surface area (Å²) >= 11 is 1.47. The number of fused-ring (bicyclic) bond motifs is 2. The maximum absolute atomic E-state index is 5.87. The van der Waals surface area contributed by atoms with Gasteiger partial charge in [0.2, 0.25) is 10.8 Å². The monoisotopic (exact) mass is 376 g/mol. The highest BCUT2D eigenvalue weighted by Gasteiger charge is 2.19. The van der Waals surface area contributed by atoms with Gasteiger partial charge in [-0.1, -0.05) is 29.5 Å². The van der Waals surface area contributed by atoms with Gasteiger partial charge >= 0.3 is 0 Å². The summed E-state index contributed by atoms with van der Waals surface area (Å²) in [5, 5.41) is 14.1. The van der Waals surface area contributed by atoms with Gasteiger partial charge in [0.05, 0.1) is 5.69 Å². The summed E-state index contributed by atoms with van der Waals surface area (Å²) < 4.78 is 9.64. The van der Waals surface area contributed by atoms with Crippen LogP contribution in [0.2, 0.25) is 0 Å². The zero-order valence-electron chi connectivity index (χ0n) is 14.8. The molecule has 0 saturated heterocycles. The van der Waals surface area contributed by atoms with Crippen LogP contribution in [0, 0.1) is 13.8 Å². The third-order valence-corrected chi connectivity index (χ3v) is 5.17. The molecular weight excluding hydrogens is 360 g/mol. The number of ether oxygens (including phenoxy) is 1. The normalized spacial score (nSPS) is 11.5. The highest BCUT2D eigenvalue weighted by atomic mass is 32.1. The standard InChI is InChI=1S/C19H16N6OS/c1-12-6-5-7-14(10-12)26-11-16-23-25-18(21-22-19(25)27-16)17-13(2)20-15-8-3-4-9-24(15)17/h3-10H,11H2,1-2H3. The molecule has 134 valence electrons. The van der Waals surface area contributed by atoms with Gasteiger partial charge in [0.1, 0.15) is 23.7 Å². The van der Waals surface area contributed by atoms with Gasteiger partial charge in [-0.2, -0.15) is 9.61 Å². The first kappa shape index (κ1) is 16.0. The lowest BCUT2D eigenvalue weighted by molar-refractivity contribution is 0.304. The molecule has 0 aliphatic rings. The summed E-state index contributed by atoms with van der Waals surface area (Å²) in [6.45, 7) is 4.40. The Labute approximate surface area is 158 Å². The summed E-state index contributed by atoms with van der Waals surface area (Å²) in [6, 6.07) is 13.9. The molecule has 4 aromatic heterocycles. The van der Waals surface area contributed by atoms with E-state index in [1.165, 1.54) is 11.3 Å². The Kier molecular flexibility index (Phi) is 3.64. The van der Waals surface area contributed by atoms with Crippen molar-refractivity contribution < 1.29 is 4.74 Å². The summed E-state index contributed by atoms with van der Waals surface area (Å²) in [5.74, 6) is 1.51. The van der Waals surface area contributed by atoms with Crippen molar-refractivity contribution in [2.45, 2.75) is 20.5 Å². The molecule has 0 aliphatic carbocycles. The molecule has 4 heterocycles. The van der Waals surface area contributed by atoms with Crippen LogP contribution in [-0.4, -0.2) is 29.2 Å². The van der Waals surface area contributed by atoms with E-state index < -0.39 is 0 Å². The molecule has 27 heavy (non-hydrogen) atoms. The average Bonchev–Trinajstić information content (AvgIpc) is 3.32. The van der Waals surface area contributed by atoms with Gasteiger partial charge in [0.15, 0.2) is 5.01 Å². The Balaban J connectivity index is 1.51. The second-order valence-electron chi connectivity index (χ2n) is 6.29. The Bertz CT molecular complexity index is 1270. The Hall–Kier alpha value is -3.26. The van der Waals surface area contributed by atoms with Gasteiger partial charge in [-0.05, 0) is 43.7 Å². The highest BCUT2D eigenvalue weighted by molar-refractivity contribution is 7.16. The molecule has 0 radical (unpaired) electrons. The van der Waals surface area contributed by atoms with Crippen molar-refractivity contribution in [1.29, 1.82) is 0 Å². The van der Waals surface area contributed by atoms with Gasteiger partial charge < -0.3 is 4.74 Å². The predicted octanol–water partition coefficient (Wildman–Crippen LogP) is 3.70. The zero-order chi connectivity index (χ0) is 18.4. The molecule has 0 aliphatic heterocycles. The van der Waals surface area contributed by atoms with E-state index in [4.69, 9.17) is 4.74 Å². The van der Waals surface area contributed by atoms with E-state index in [9.17, 15) is 0 Å². The van der Waals surface area contributed by atoms with E-state index in [-0.39, 0.29) is 0 Å². The summed E-state index contributed by atoms with van der Waals surface area (Å²) in [6.07, 6.45) is 1.97. The van der Waals surface area contributed by atoms with Crippen molar-refractivity contribution in [3.05, 3.63) is 64.9 Å². The third-order valence-electron chi connectivity index (χ3n) is 4.30. The molecule has 5 aromatic rings. The number of benzene rings is 1. The Morgan fingerprint density at radius 2 is 2.00 bits per heavy atom. The van der Waals surface area contributed by atoms with Gasteiger partial charge in [-0.25, -0.2) is 4.98 Å². The number of pyridine rings is 1. The van der Waals surface area contributed by atoms with E-state index >= 15 is 0 Å². The lowest BCUT2D eigenvalue weighted by Gasteiger charge is -2.04. The van der Waals surface area contributed by atoms with E-state index in [0.29, 0.717) is 12.4 Å². The lowest BCUT2D eigenvalue weighted by Crippen LogP contribution is -1.99. The fraction of sp³-hybridized carbons (Fsp3) is 0.158. The van der Waals surface area contributed by atoms with Crippen LogP contribution in [0.15, 0.2) is 48.7 Å². The molecule has 1 aromatic carbocycles. The van der Waals surface area contributed by atoms with Gasteiger partial charge in [0, 0.05) is 6.20 Å². The maximum atomic E-state index is 5.87. The van der Waals surface area contributed by atoms with Crippen LogP contribution in [0.4, 0.5) is 0 Å². The van der Waals surface area contributed by atoms with Crippen molar-refractivity contribution in [1.82, 2.24) is 29.2 Å². The average molecular weight is 376 g/mol. The molecule has 0 N–H and O–H groups in total. The molecular formula is C19H16N6OS. The van der Waals surface area contributed by atoms with E-state index in [1.54, 1.807) is 4.52 Å². The smallest absolute Gasteiger partial charge is 0.235 e. The first-order valence-electron chi connectivity index (χ1n) is 8.54. The van der Waals surface area contributed by atoms with Crippen LogP contribution in [0.1, 0.15) is 16.3 Å². The number of hydrogen-bond acceptors (Lipinski definition) is 6. The van der Waals surface area contributed by atoms with E-state index in [0.717, 1.165) is 38.3 Å². The molecule has 8 heteroatoms. The van der Waals surface area contributed by atoms with Gasteiger partial charge in [-0.15, -0.1) is 10.2 Å². The molecule has 0 unspecified atom stereocenters. The van der Waals surface area contributed by atoms with Crippen LogP contribution >= 0.6 is 11.3 Å². The second-order valence-corrected chi connectivity index (χ2v) is 7.33. The lowest BCUT2D eigenvalue weighted by atomic mass is 10.2. The molecule has 0 spiro atoms. The van der Waals surface area contributed by atoms with Crippen LogP contribution < -0.4 is 4.74 Å². The minimum atomic E-state index is 0.392. The van der Waals surface area contributed by atoms with Gasteiger partial charge in [-0.3, -0.25) is 4.40 Å². The molecule has 0 amide bonds. The largest absolute Gasteiger partial charge is 0.486 e. The van der Waals surface area contributed by atoms with Crippen LogP contribution in [-0.2, 0) is 6.61 Å². The minimum Gasteiger partial charge on any atom is -0.486 e. The molecule has 5 rings (SSSR count). The minimum absolute atomic E-state index is 0.392. The topological polar surface area (TPSA) is 69.6 Å². The van der Waals surface area contributed by atoms with E-state index in [2.05, 4.69) is 20.3 Å². The molecule has 0 saturated carbocycles. The van der Waals surface area contributed by atoms with Crippen LogP contribution in [0.3, 0.4) is 0 Å². The number of nitrogens with zero attached hydrogens (tertiary/aromatic N) is 6. The van der Waals surface area contributed by atoms with Crippen molar-refractivity contribution in [2.24, 2.45) is 0 Å². The highest BCUT2D eigenvalue weighted by Crippen LogP contribution is 2.26. The van der Waals surface area contributed by atoms with Crippen molar-refractivity contribution >= 4 is 21.9 Å². The predicted molar refractivity (Wildman–Crippen MR) is 103 cm³/mol. The van der Waals surface area contributed by atoms with Crippen molar-refractivity contribution in [3.63, 3.8) is 0 Å². The first-order chi connectivity index (χ1) is 13.2. The fourth-order valence-corrected chi connectivity index (χ4v) is 3.84. The number of aryl methyl sites for hydroxylation is 2. The van der Waals surface area contributed by atoms with Crippen molar-refractivity contribution in [2.75, 3.05) is 0 Å². The third kappa shape index (κ3) is 2.74. The molecule has 0 atom stereocenters. The SMILES string of the molecule is Cc1cccc(OCc2nn3c(-c4c(C)nc5ccccn45)nnc3s2)c1. The maximum Gasteiger partial charge on any atom is 0.235 e. The first-order valence-corrected chi connectivity index (χ1v) is 9.35. The zero-order valence-corrected chi connectivity index (χ0v) is 15.6. The quantitative estimate of drug-likeness (QED) is 0.478. The van der Waals surface area contributed by atoms with E-state index in [1.807, 2.05) is 66.9 Å². The molecule has 7 nitrogen and oxygen atoms in total.